The summed E-state index contributed by atoms with van der Waals surface area (Å²) in [7, 11) is 1.58. The fraction of sp³-hybridized carbons (Fsp3) is 0.556. The monoisotopic (exact) mass is 359 g/mol. The van der Waals surface area contributed by atoms with E-state index in [1.165, 1.54) is 12.8 Å². The highest BCUT2D eigenvalue weighted by molar-refractivity contribution is 6.16. The van der Waals surface area contributed by atoms with Crippen molar-refractivity contribution in [2.75, 3.05) is 46.4 Å². The van der Waals surface area contributed by atoms with Gasteiger partial charge in [0.25, 0.3) is 0 Å². The van der Waals surface area contributed by atoms with E-state index in [-0.39, 0.29) is 6.61 Å². The zero-order valence-corrected chi connectivity index (χ0v) is 15.0. The molecule has 26 heavy (non-hydrogen) atoms. The number of nitrogens with zero attached hydrogens (tertiary/aromatic N) is 4. The molecule has 4 rings (SSSR count). The molecular weight excluding hydrogens is 334 g/mol. The van der Waals surface area contributed by atoms with Crippen molar-refractivity contribution < 1.29 is 14.6 Å². The first-order valence-electron chi connectivity index (χ1n) is 9.08. The van der Waals surface area contributed by atoms with Gasteiger partial charge in [-0.15, -0.1) is 0 Å². The Kier molecular flexibility index (Phi) is 4.69. The van der Waals surface area contributed by atoms with E-state index in [9.17, 15) is 5.11 Å². The molecule has 8 nitrogen and oxygen atoms in total. The van der Waals surface area contributed by atoms with E-state index in [0.717, 1.165) is 31.0 Å². The highest BCUT2D eigenvalue weighted by Crippen LogP contribution is 2.43. The van der Waals surface area contributed by atoms with Crippen LogP contribution in [0.2, 0.25) is 0 Å². The second-order valence-corrected chi connectivity index (χ2v) is 6.79. The quantitative estimate of drug-likeness (QED) is 0.770. The van der Waals surface area contributed by atoms with Crippen molar-refractivity contribution in [3.05, 3.63) is 17.7 Å². The normalized spacial score (nSPS) is 20.3. The Labute approximate surface area is 152 Å². The largest absolute Gasteiger partial charge is 0.491 e. The van der Waals surface area contributed by atoms with Gasteiger partial charge in [0.2, 0.25) is 5.96 Å². The fourth-order valence-electron chi connectivity index (χ4n) is 3.73. The number of amidine groups is 1. The molecule has 3 heterocycles. The molecule has 1 aromatic rings. The minimum atomic E-state index is -0.544. The standard InChI is InChI=1S/C18H25N5O3/c1-25-16-14(26-11-12(24)10-22-7-2-3-8-22)5-4-13-15(16)21-18(19)23-9-6-20-17(13)23/h4-5,12,24H,2-3,6-11H2,1H3,(H2,19,21)/t12-/m0/s1. The second-order valence-electron chi connectivity index (χ2n) is 6.79. The van der Waals surface area contributed by atoms with Gasteiger partial charge in [0.15, 0.2) is 11.5 Å². The van der Waals surface area contributed by atoms with Gasteiger partial charge in [-0.05, 0) is 38.1 Å². The van der Waals surface area contributed by atoms with Crippen LogP contribution in [0.15, 0.2) is 22.1 Å². The summed E-state index contributed by atoms with van der Waals surface area (Å²) in [4.78, 5) is 13.2. The van der Waals surface area contributed by atoms with Gasteiger partial charge in [-0.25, -0.2) is 4.99 Å². The number of ether oxygens (including phenoxy) is 2. The number of rotatable bonds is 6. The molecule has 0 aromatic heterocycles. The number of hydrogen-bond acceptors (Lipinski definition) is 8. The van der Waals surface area contributed by atoms with Gasteiger partial charge in [0.1, 0.15) is 24.2 Å². The lowest BCUT2D eigenvalue weighted by atomic mass is 10.1. The zero-order chi connectivity index (χ0) is 18.1. The van der Waals surface area contributed by atoms with Crippen LogP contribution in [-0.4, -0.2) is 79.2 Å². The molecule has 0 unspecified atom stereocenters. The summed E-state index contributed by atoms with van der Waals surface area (Å²) in [6.45, 7) is 4.38. The molecule has 3 aliphatic rings. The average molecular weight is 359 g/mol. The Hall–Kier alpha value is -2.32. The average Bonchev–Trinajstić information content (AvgIpc) is 3.31. The molecule has 0 spiro atoms. The summed E-state index contributed by atoms with van der Waals surface area (Å²) in [6.07, 6.45) is 1.86. The number of benzene rings is 1. The molecule has 0 saturated carbocycles. The molecule has 1 atom stereocenters. The van der Waals surface area contributed by atoms with Crippen LogP contribution in [0.5, 0.6) is 11.5 Å². The summed E-state index contributed by atoms with van der Waals surface area (Å²) in [5, 5.41) is 10.3. The van der Waals surface area contributed by atoms with Crippen molar-refractivity contribution in [2.45, 2.75) is 18.9 Å². The third-order valence-corrected chi connectivity index (χ3v) is 4.98. The number of guanidine groups is 1. The minimum absolute atomic E-state index is 0.206. The number of methoxy groups -OCH3 is 1. The van der Waals surface area contributed by atoms with E-state index >= 15 is 0 Å². The van der Waals surface area contributed by atoms with Crippen LogP contribution in [0.1, 0.15) is 18.4 Å². The van der Waals surface area contributed by atoms with E-state index in [4.69, 9.17) is 15.2 Å². The van der Waals surface area contributed by atoms with Crippen molar-refractivity contribution in [3.63, 3.8) is 0 Å². The Morgan fingerprint density at radius 2 is 2.08 bits per heavy atom. The summed E-state index contributed by atoms with van der Waals surface area (Å²) in [6, 6.07) is 3.77. The van der Waals surface area contributed by atoms with Crippen LogP contribution in [-0.2, 0) is 0 Å². The maximum atomic E-state index is 10.3. The Bertz CT molecular complexity index is 743. The molecule has 1 fully saturated rings. The third-order valence-electron chi connectivity index (χ3n) is 4.98. The Morgan fingerprint density at radius 3 is 2.85 bits per heavy atom. The first-order chi connectivity index (χ1) is 12.7. The molecule has 0 radical (unpaired) electrons. The summed E-state index contributed by atoms with van der Waals surface area (Å²) in [5.41, 5.74) is 7.60. The number of aliphatic hydroxyl groups excluding tert-OH is 1. The van der Waals surface area contributed by atoms with Crippen LogP contribution in [0.3, 0.4) is 0 Å². The van der Waals surface area contributed by atoms with Crippen LogP contribution in [0, 0.1) is 0 Å². The van der Waals surface area contributed by atoms with Crippen molar-refractivity contribution in [2.24, 2.45) is 15.7 Å². The van der Waals surface area contributed by atoms with Gasteiger partial charge in [0, 0.05) is 18.7 Å². The lowest BCUT2D eigenvalue weighted by Gasteiger charge is -2.26. The van der Waals surface area contributed by atoms with Crippen molar-refractivity contribution in [3.8, 4) is 11.5 Å². The zero-order valence-electron chi connectivity index (χ0n) is 15.0. The van der Waals surface area contributed by atoms with E-state index < -0.39 is 6.10 Å². The highest BCUT2D eigenvalue weighted by atomic mass is 16.5. The van der Waals surface area contributed by atoms with Gasteiger partial charge in [-0.2, -0.15) is 0 Å². The molecule has 0 bridgehead atoms. The van der Waals surface area contributed by atoms with Gasteiger partial charge in [0.05, 0.1) is 13.7 Å². The number of aliphatic imine (C=N–C) groups is 2. The molecule has 140 valence electrons. The third kappa shape index (κ3) is 3.10. The lowest BCUT2D eigenvalue weighted by molar-refractivity contribution is 0.0747. The number of fused-ring (bicyclic) bond motifs is 3. The van der Waals surface area contributed by atoms with Crippen LogP contribution >= 0.6 is 0 Å². The van der Waals surface area contributed by atoms with Crippen LogP contribution in [0.25, 0.3) is 0 Å². The Morgan fingerprint density at radius 1 is 1.27 bits per heavy atom. The second kappa shape index (κ2) is 7.13. The fourth-order valence-corrected chi connectivity index (χ4v) is 3.73. The van der Waals surface area contributed by atoms with Gasteiger partial charge < -0.3 is 25.2 Å². The highest BCUT2D eigenvalue weighted by Gasteiger charge is 2.31. The summed E-state index contributed by atoms with van der Waals surface area (Å²) in [5.74, 6) is 2.31. The van der Waals surface area contributed by atoms with Crippen molar-refractivity contribution >= 4 is 17.5 Å². The first kappa shape index (κ1) is 17.1. The molecular formula is C18H25N5O3. The van der Waals surface area contributed by atoms with E-state index in [1.807, 2.05) is 17.0 Å². The predicted molar refractivity (Wildman–Crippen MR) is 99.6 cm³/mol. The molecule has 0 amide bonds. The number of β-amino-alcohol motifs (C(OH)–C–C–N with tert-alkyl or cyclic N) is 1. The topological polar surface area (TPSA) is 95.9 Å². The van der Waals surface area contributed by atoms with Crippen LogP contribution in [0.4, 0.5) is 5.69 Å². The summed E-state index contributed by atoms with van der Waals surface area (Å²) >= 11 is 0. The van der Waals surface area contributed by atoms with Gasteiger partial charge in [-0.1, -0.05) is 0 Å². The SMILES string of the molecule is COc1c(OC[C@@H](O)CN2CCCC2)ccc2c1N=C(N)N1CCN=C21. The van der Waals surface area contributed by atoms with Crippen LogP contribution < -0.4 is 15.2 Å². The molecule has 3 N–H and O–H groups in total. The lowest BCUT2D eigenvalue weighted by Crippen LogP contribution is -2.42. The molecule has 0 aliphatic carbocycles. The first-order valence-corrected chi connectivity index (χ1v) is 9.08. The number of likely N-dealkylation sites (tertiary alicyclic amines) is 1. The molecule has 8 heteroatoms. The number of hydrogen-bond donors (Lipinski definition) is 2. The molecule has 1 saturated heterocycles. The van der Waals surface area contributed by atoms with Crippen molar-refractivity contribution in [1.29, 1.82) is 0 Å². The minimum Gasteiger partial charge on any atom is -0.491 e. The van der Waals surface area contributed by atoms with E-state index in [2.05, 4.69) is 14.9 Å². The van der Waals surface area contributed by atoms with Crippen molar-refractivity contribution in [1.82, 2.24) is 9.80 Å². The molecule has 3 aliphatic heterocycles. The maximum absolute atomic E-state index is 10.3. The van der Waals surface area contributed by atoms with E-state index in [1.54, 1.807) is 7.11 Å². The maximum Gasteiger partial charge on any atom is 0.202 e. The van der Waals surface area contributed by atoms with Gasteiger partial charge in [-0.3, -0.25) is 9.89 Å². The molecule has 1 aromatic carbocycles. The van der Waals surface area contributed by atoms with Gasteiger partial charge >= 0.3 is 0 Å². The predicted octanol–water partition coefficient (Wildman–Crippen LogP) is 0.553. The van der Waals surface area contributed by atoms with E-state index in [0.29, 0.717) is 36.2 Å². The Balaban J connectivity index is 1.52. The number of aliphatic hydroxyl groups is 1. The smallest absolute Gasteiger partial charge is 0.202 e. The summed E-state index contributed by atoms with van der Waals surface area (Å²) < 4.78 is 11.4. The number of nitrogens with two attached hydrogens (primary N) is 1.